The third-order valence-corrected chi connectivity index (χ3v) is 2.94. The number of ether oxygens (including phenoxy) is 1. The first-order chi connectivity index (χ1) is 9.08. The topological polar surface area (TPSA) is 51.4 Å². The summed E-state index contributed by atoms with van der Waals surface area (Å²) in [6, 6.07) is 11.7. The molecule has 100 valence electrons. The second-order valence-corrected chi connectivity index (χ2v) is 4.59. The second-order valence-electron chi connectivity index (χ2n) is 4.59. The van der Waals surface area contributed by atoms with Crippen molar-refractivity contribution in [3.8, 4) is 5.75 Å². The Morgan fingerprint density at radius 3 is 2.74 bits per heavy atom. The van der Waals surface area contributed by atoms with Crippen molar-refractivity contribution in [2.45, 2.75) is 13.5 Å². The molecule has 1 heterocycles. The van der Waals surface area contributed by atoms with E-state index in [1.54, 1.807) is 7.11 Å². The van der Waals surface area contributed by atoms with E-state index >= 15 is 0 Å². The van der Waals surface area contributed by atoms with Crippen LogP contribution < -0.4 is 15.4 Å². The molecule has 2 rings (SSSR count). The predicted octanol–water partition coefficient (Wildman–Crippen LogP) is 2.62. The van der Waals surface area contributed by atoms with Crippen LogP contribution in [-0.4, -0.2) is 19.1 Å². The predicted molar refractivity (Wildman–Crippen MR) is 78.5 cm³/mol. The number of methoxy groups -OCH3 is 1. The van der Waals surface area contributed by atoms with Gasteiger partial charge in [-0.1, -0.05) is 6.07 Å². The summed E-state index contributed by atoms with van der Waals surface area (Å²) in [7, 11) is 3.65. The molecule has 0 bridgehead atoms. The minimum atomic E-state index is 0.693. The minimum absolute atomic E-state index is 0.693. The van der Waals surface area contributed by atoms with E-state index < -0.39 is 0 Å². The Balaban J connectivity index is 2.20. The normalized spacial score (nSPS) is 10.3. The van der Waals surface area contributed by atoms with E-state index in [0.29, 0.717) is 5.69 Å². The maximum absolute atomic E-state index is 5.87. The Morgan fingerprint density at radius 1 is 1.26 bits per heavy atom. The molecule has 0 spiro atoms. The zero-order valence-corrected chi connectivity index (χ0v) is 11.6. The Kier molecular flexibility index (Phi) is 3.90. The molecule has 1 aromatic heterocycles. The molecule has 1 aromatic carbocycles. The number of aromatic nitrogens is 1. The highest BCUT2D eigenvalue weighted by molar-refractivity contribution is 5.60. The van der Waals surface area contributed by atoms with E-state index in [0.717, 1.165) is 29.4 Å². The number of aryl methyl sites for hydroxylation is 1. The summed E-state index contributed by atoms with van der Waals surface area (Å²) in [4.78, 5) is 6.60. The summed E-state index contributed by atoms with van der Waals surface area (Å²) in [5, 5.41) is 0. The number of hydrogen-bond donors (Lipinski definition) is 1. The molecule has 4 nitrogen and oxygen atoms in total. The number of nitrogen functional groups attached to an aromatic ring is 1. The maximum Gasteiger partial charge on any atom is 0.122 e. The number of rotatable bonds is 4. The van der Waals surface area contributed by atoms with Gasteiger partial charge in [0.05, 0.1) is 19.3 Å². The molecule has 0 amide bonds. The van der Waals surface area contributed by atoms with Crippen LogP contribution in [0.2, 0.25) is 0 Å². The first kappa shape index (κ1) is 13.2. The van der Waals surface area contributed by atoms with Crippen LogP contribution in [0, 0.1) is 6.92 Å². The van der Waals surface area contributed by atoms with Gasteiger partial charge in [-0.2, -0.15) is 0 Å². The zero-order valence-electron chi connectivity index (χ0n) is 11.6. The molecule has 2 aromatic rings. The van der Waals surface area contributed by atoms with E-state index in [4.69, 9.17) is 10.5 Å². The Hall–Kier alpha value is -2.23. The number of benzene rings is 1. The van der Waals surface area contributed by atoms with Gasteiger partial charge in [0.15, 0.2) is 0 Å². The van der Waals surface area contributed by atoms with Crippen LogP contribution in [0.25, 0.3) is 0 Å². The fraction of sp³-hybridized carbons (Fsp3) is 0.267. The van der Waals surface area contributed by atoms with Crippen LogP contribution in [0.5, 0.6) is 5.75 Å². The van der Waals surface area contributed by atoms with Gasteiger partial charge in [0, 0.05) is 36.2 Å². The Labute approximate surface area is 113 Å². The first-order valence-electron chi connectivity index (χ1n) is 6.16. The second kappa shape index (κ2) is 5.61. The molecule has 0 saturated carbocycles. The van der Waals surface area contributed by atoms with Crippen LogP contribution in [-0.2, 0) is 6.54 Å². The van der Waals surface area contributed by atoms with Crippen molar-refractivity contribution in [1.82, 2.24) is 4.98 Å². The Morgan fingerprint density at radius 2 is 2.05 bits per heavy atom. The fourth-order valence-electron chi connectivity index (χ4n) is 1.97. The molecule has 0 unspecified atom stereocenters. The molecule has 2 N–H and O–H groups in total. The molecule has 0 aliphatic heterocycles. The summed E-state index contributed by atoms with van der Waals surface area (Å²) in [6.07, 6.45) is 0. The van der Waals surface area contributed by atoms with Crippen LogP contribution in [0.4, 0.5) is 11.4 Å². The maximum atomic E-state index is 5.87. The highest BCUT2D eigenvalue weighted by atomic mass is 16.5. The molecule has 19 heavy (non-hydrogen) atoms. The van der Waals surface area contributed by atoms with Gasteiger partial charge >= 0.3 is 0 Å². The first-order valence-corrected chi connectivity index (χ1v) is 6.16. The van der Waals surface area contributed by atoms with Gasteiger partial charge in [-0.15, -0.1) is 0 Å². The lowest BCUT2D eigenvalue weighted by molar-refractivity contribution is 0.415. The smallest absolute Gasteiger partial charge is 0.122 e. The van der Waals surface area contributed by atoms with Crippen molar-refractivity contribution in [1.29, 1.82) is 0 Å². The van der Waals surface area contributed by atoms with Crippen molar-refractivity contribution in [2.24, 2.45) is 0 Å². The lowest BCUT2D eigenvalue weighted by Gasteiger charge is -2.20. The van der Waals surface area contributed by atoms with Crippen LogP contribution in [0.3, 0.4) is 0 Å². The highest BCUT2D eigenvalue weighted by Gasteiger charge is 2.06. The third kappa shape index (κ3) is 3.37. The van der Waals surface area contributed by atoms with Crippen molar-refractivity contribution in [3.63, 3.8) is 0 Å². The van der Waals surface area contributed by atoms with E-state index in [1.807, 2.05) is 50.4 Å². The van der Waals surface area contributed by atoms with Gasteiger partial charge in [0.2, 0.25) is 0 Å². The standard InChI is InChI=1S/C15H19N3O/c1-11-5-4-6-13(17-11)10-18(2)14-7-12(16)8-15(9-14)19-3/h4-9H,10,16H2,1-3H3. The van der Waals surface area contributed by atoms with Crippen LogP contribution in [0.15, 0.2) is 36.4 Å². The number of anilines is 2. The number of nitrogens with two attached hydrogens (primary N) is 1. The summed E-state index contributed by atoms with van der Waals surface area (Å²) in [5.41, 5.74) is 9.63. The average molecular weight is 257 g/mol. The number of hydrogen-bond acceptors (Lipinski definition) is 4. The molecule has 0 atom stereocenters. The molecular weight excluding hydrogens is 238 g/mol. The minimum Gasteiger partial charge on any atom is -0.497 e. The molecule has 0 saturated heterocycles. The van der Waals surface area contributed by atoms with Gasteiger partial charge in [0.1, 0.15) is 5.75 Å². The van der Waals surface area contributed by atoms with Gasteiger partial charge in [0.25, 0.3) is 0 Å². The molecule has 0 fully saturated rings. The van der Waals surface area contributed by atoms with E-state index in [-0.39, 0.29) is 0 Å². The van der Waals surface area contributed by atoms with E-state index in [9.17, 15) is 0 Å². The summed E-state index contributed by atoms with van der Waals surface area (Å²) >= 11 is 0. The zero-order chi connectivity index (χ0) is 13.8. The van der Waals surface area contributed by atoms with Crippen molar-refractivity contribution in [3.05, 3.63) is 47.8 Å². The summed E-state index contributed by atoms with van der Waals surface area (Å²) in [5.74, 6) is 0.763. The van der Waals surface area contributed by atoms with E-state index in [2.05, 4.69) is 9.88 Å². The van der Waals surface area contributed by atoms with Crippen LogP contribution >= 0.6 is 0 Å². The van der Waals surface area contributed by atoms with Crippen molar-refractivity contribution < 1.29 is 4.74 Å². The summed E-state index contributed by atoms with van der Waals surface area (Å²) in [6.45, 7) is 2.72. The lowest BCUT2D eigenvalue weighted by Crippen LogP contribution is -2.17. The summed E-state index contributed by atoms with van der Waals surface area (Å²) < 4.78 is 5.23. The number of nitrogens with zero attached hydrogens (tertiary/aromatic N) is 2. The number of pyridine rings is 1. The quantitative estimate of drug-likeness (QED) is 0.855. The lowest BCUT2D eigenvalue weighted by atomic mass is 10.2. The van der Waals surface area contributed by atoms with Gasteiger partial charge in [-0.3, -0.25) is 4.98 Å². The van der Waals surface area contributed by atoms with Crippen molar-refractivity contribution in [2.75, 3.05) is 24.8 Å². The molecule has 4 heteroatoms. The van der Waals surface area contributed by atoms with Gasteiger partial charge < -0.3 is 15.4 Å². The molecule has 0 radical (unpaired) electrons. The van der Waals surface area contributed by atoms with Crippen LogP contribution in [0.1, 0.15) is 11.4 Å². The molecule has 0 aliphatic rings. The molecule has 0 aliphatic carbocycles. The van der Waals surface area contributed by atoms with E-state index in [1.165, 1.54) is 0 Å². The van der Waals surface area contributed by atoms with Gasteiger partial charge in [-0.25, -0.2) is 0 Å². The SMILES string of the molecule is COc1cc(N)cc(N(C)Cc2cccc(C)n2)c1. The largest absolute Gasteiger partial charge is 0.497 e. The monoisotopic (exact) mass is 257 g/mol. The average Bonchev–Trinajstić information content (AvgIpc) is 2.38. The Bertz CT molecular complexity index is 569. The fourth-order valence-corrected chi connectivity index (χ4v) is 1.97. The van der Waals surface area contributed by atoms with Gasteiger partial charge in [-0.05, 0) is 25.1 Å². The van der Waals surface area contributed by atoms with Crippen molar-refractivity contribution >= 4 is 11.4 Å². The highest BCUT2D eigenvalue weighted by Crippen LogP contribution is 2.25. The third-order valence-electron chi connectivity index (χ3n) is 2.94. The molecular formula is C15H19N3O.